The van der Waals surface area contributed by atoms with E-state index in [0.29, 0.717) is 25.2 Å². The van der Waals surface area contributed by atoms with Gasteiger partial charge in [0.05, 0.1) is 6.54 Å². The largest absolute Gasteiger partial charge is 0.387 e. The Kier molecular flexibility index (Phi) is 4.64. The van der Waals surface area contributed by atoms with Gasteiger partial charge in [0.15, 0.2) is 5.03 Å². The minimum atomic E-state index is -3.57. The Morgan fingerprint density at radius 3 is 2.62 bits per heavy atom. The fourth-order valence-corrected chi connectivity index (χ4v) is 3.73. The number of sulfonamides is 1. The van der Waals surface area contributed by atoms with E-state index in [0.717, 1.165) is 13.1 Å². The molecule has 0 spiro atoms. The molecule has 4 N–H and O–H groups in total. The van der Waals surface area contributed by atoms with Crippen molar-refractivity contribution in [2.24, 2.45) is 12.8 Å². The first-order valence-electron chi connectivity index (χ1n) is 6.85. The molecule has 0 saturated carbocycles. The van der Waals surface area contributed by atoms with E-state index >= 15 is 0 Å². The van der Waals surface area contributed by atoms with Gasteiger partial charge in [0.2, 0.25) is 0 Å². The van der Waals surface area contributed by atoms with Crippen molar-refractivity contribution < 1.29 is 8.42 Å². The van der Waals surface area contributed by atoms with Crippen molar-refractivity contribution in [3.8, 4) is 0 Å². The molecule has 8 nitrogen and oxygen atoms in total. The quantitative estimate of drug-likeness (QED) is 0.496. The average Bonchev–Trinajstić information content (AvgIpc) is 2.72. The van der Waals surface area contributed by atoms with Crippen LogP contribution in [0.3, 0.4) is 0 Å². The Morgan fingerprint density at radius 1 is 1.52 bits per heavy atom. The van der Waals surface area contributed by atoms with Crippen LogP contribution in [-0.2, 0) is 17.1 Å². The lowest BCUT2D eigenvalue weighted by atomic mass is 10.1. The van der Waals surface area contributed by atoms with Gasteiger partial charge in [0.1, 0.15) is 11.7 Å². The molecule has 1 aliphatic rings. The predicted octanol–water partition coefficient (Wildman–Crippen LogP) is -0.593. The van der Waals surface area contributed by atoms with Crippen LogP contribution in [0.5, 0.6) is 0 Å². The van der Waals surface area contributed by atoms with E-state index in [-0.39, 0.29) is 16.9 Å². The number of rotatable bonds is 5. The van der Waals surface area contributed by atoms with Gasteiger partial charge >= 0.3 is 0 Å². The van der Waals surface area contributed by atoms with Crippen LogP contribution in [0.25, 0.3) is 0 Å². The molecule has 1 aromatic rings. The number of nitrogens with two attached hydrogens (primary N) is 1. The first-order chi connectivity index (χ1) is 9.78. The molecule has 1 fully saturated rings. The number of nitrogens with zero attached hydrogens (tertiary/aromatic N) is 3. The second kappa shape index (κ2) is 6.12. The highest BCUT2D eigenvalue weighted by molar-refractivity contribution is 7.89. The molecule has 0 amide bonds. The SMILES string of the molecule is Cc1nc(S(=O)(=O)NC2CCN(CC(=N)N)CC2)cn1C. The monoisotopic (exact) mass is 314 g/mol. The van der Waals surface area contributed by atoms with Crippen LogP contribution in [0.1, 0.15) is 18.7 Å². The summed E-state index contributed by atoms with van der Waals surface area (Å²) in [5.41, 5.74) is 5.37. The molecule has 0 radical (unpaired) electrons. The van der Waals surface area contributed by atoms with Crippen LogP contribution in [-0.4, -0.2) is 54.4 Å². The zero-order valence-electron chi connectivity index (χ0n) is 12.3. The van der Waals surface area contributed by atoms with Crippen molar-refractivity contribution in [2.75, 3.05) is 19.6 Å². The number of nitrogens with one attached hydrogen (secondary N) is 2. The van der Waals surface area contributed by atoms with Crippen molar-refractivity contribution in [3.63, 3.8) is 0 Å². The van der Waals surface area contributed by atoms with Gasteiger partial charge in [-0.1, -0.05) is 0 Å². The minimum absolute atomic E-state index is 0.0636. The number of aryl methyl sites for hydroxylation is 2. The van der Waals surface area contributed by atoms with Gasteiger partial charge < -0.3 is 10.3 Å². The molecule has 2 heterocycles. The number of amidine groups is 1. The highest BCUT2D eigenvalue weighted by atomic mass is 32.2. The molecular weight excluding hydrogens is 292 g/mol. The van der Waals surface area contributed by atoms with E-state index < -0.39 is 10.0 Å². The van der Waals surface area contributed by atoms with Crippen molar-refractivity contribution >= 4 is 15.9 Å². The number of hydrogen-bond donors (Lipinski definition) is 3. The zero-order chi connectivity index (χ0) is 15.6. The maximum atomic E-state index is 12.3. The smallest absolute Gasteiger partial charge is 0.259 e. The summed E-state index contributed by atoms with van der Waals surface area (Å²) >= 11 is 0. The standard InChI is InChI=1S/C12H22N6O2S/c1-9-15-12(8-17(9)2)21(19,20)16-10-3-5-18(6-4-10)7-11(13)14/h8,10,16H,3-7H2,1-2H3,(H3,13,14). The Bertz CT molecular complexity index is 596. The van der Waals surface area contributed by atoms with E-state index in [2.05, 4.69) is 14.6 Å². The van der Waals surface area contributed by atoms with Crippen molar-refractivity contribution in [1.29, 1.82) is 5.41 Å². The molecule has 0 unspecified atom stereocenters. The van der Waals surface area contributed by atoms with Gasteiger partial charge in [-0.2, -0.15) is 0 Å². The number of hydrogen-bond acceptors (Lipinski definition) is 5. The van der Waals surface area contributed by atoms with Crippen LogP contribution in [0, 0.1) is 12.3 Å². The van der Waals surface area contributed by atoms with Gasteiger partial charge in [-0.3, -0.25) is 10.3 Å². The molecule has 1 saturated heterocycles. The lowest BCUT2D eigenvalue weighted by Gasteiger charge is -2.31. The molecule has 0 atom stereocenters. The van der Waals surface area contributed by atoms with Gasteiger partial charge in [0.25, 0.3) is 10.0 Å². The number of imidazole rings is 1. The van der Waals surface area contributed by atoms with Gasteiger partial charge in [-0.05, 0) is 19.8 Å². The van der Waals surface area contributed by atoms with Crippen LogP contribution in [0.15, 0.2) is 11.2 Å². The summed E-state index contributed by atoms with van der Waals surface area (Å²) in [5.74, 6) is 0.796. The maximum absolute atomic E-state index is 12.3. The van der Waals surface area contributed by atoms with E-state index in [1.165, 1.54) is 6.20 Å². The van der Waals surface area contributed by atoms with Gasteiger partial charge in [0, 0.05) is 32.4 Å². The summed E-state index contributed by atoms with van der Waals surface area (Å²) < 4.78 is 28.9. The Morgan fingerprint density at radius 2 is 2.14 bits per heavy atom. The van der Waals surface area contributed by atoms with Crippen molar-refractivity contribution in [2.45, 2.75) is 30.8 Å². The minimum Gasteiger partial charge on any atom is -0.387 e. The molecular formula is C12H22N6O2S. The number of aromatic nitrogens is 2. The van der Waals surface area contributed by atoms with Crippen LogP contribution < -0.4 is 10.5 Å². The fraction of sp³-hybridized carbons (Fsp3) is 0.667. The molecule has 1 aromatic heterocycles. The Labute approximate surface area is 124 Å². The molecule has 9 heteroatoms. The number of likely N-dealkylation sites (tertiary alicyclic amines) is 1. The van der Waals surface area contributed by atoms with E-state index in [4.69, 9.17) is 11.1 Å². The fourth-order valence-electron chi connectivity index (χ4n) is 2.39. The predicted molar refractivity (Wildman–Crippen MR) is 79.6 cm³/mol. The average molecular weight is 314 g/mol. The molecule has 0 aromatic carbocycles. The van der Waals surface area contributed by atoms with E-state index in [9.17, 15) is 8.42 Å². The van der Waals surface area contributed by atoms with Gasteiger partial charge in [-0.25, -0.2) is 18.1 Å². The van der Waals surface area contributed by atoms with E-state index in [1.807, 2.05) is 0 Å². The van der Waals surface area contributed by atoms with E-state index in [1.54, 1.807) is 18.5 Å². The highest BCUT2D eigenvalue weighted by Crippen LogP contribution is 2.14. The summed E-state index contributed by atoms with van der Waals surface area (Å²) in [6.45, 7) is 3.67. The summed E-state index contributed by atoms with van der Waals surface area (Å²) in [7, 11) is -1.80. The third-order valence-electron chi connectivity index (χ3n) is 3.67. The lowest BCUT2D eigenvalue weighted by molar-refractivity contribution is 0.231. The second-order valence-electron chi connectivity index (χ2n) is 5.43. The third kappa shape index (κ3) is 4.02. The van der Waals surface area contributed by atoms with Crippen LogP contribution >= 0.6 is 0 Å². The van der Waals surface area contributed by atoms with Crippen molar-refractivity contribution in [3.05, 3.63) is 12.0 Å². The topological polar surface area (TPSA) is 117 Å². The normalized spacial score (nSPS) is 18.0. The first-order valence-corrected chi connectivity index (χ1v) is 8.34. The molecule has 0 bridgehead atoms. The zero-order valence-corrected chi connectivity index (χ0v) is 13.2. The van der Waals surface area contributed by atoms with Crippen molar-refractivity contribution in [1.82, 2.24) is 19.2 Å². The first kappa shape index (κ1) is 15.9. The molecule has 0 aliphatic carbocycles. The van der Waals surface area contributed by atoms with Crippen LogP contribution in [0.4, 0.5) is 0 Å². The maximum Gasteiger partial charge on any atom is 0.259 e. The molecule has 21 heavy (non-hydrogen) atoms. The highest BCUT2D eigenvalue weighted by Gasteiger charge is 2.26. The molecule has 118 valence electrons. The lowest BCUT2D eigenvalue weighted by Crippen LogP contribution is -2.46. The summed E-state index contributed by atoms with van der Waals surface area (Å²) in [6.07, 6.45) is 2.93. The van der Waals surface area contributed by atoms with Crippen LogP contribution in [0.2, 0.25) is 0 Å². The third-order valence-corrected chi connectivity index (χ3v) is 5.06. The Balaban J connectivity index is 1.95. The molecule has 2 rings (SSSR count). The summed E-state index contributed by atoms with van der Waals surface area (Å²) in [6, 6.07) is -0.0967. The van der Waals surface area contributed by atoms with Gasteiger partial charge in [-0.15, -0.1) is 0 Å². The second-order valence-corrected chi connectivity index (χ2v) is 7.10. The number of piperidine rings is 1. The summed E-state index contributed by atoms with van der Waals surface area (Å²) in [5, 5.41) is 7.34. The summed E-state index contributed by atoms with van der Waals surface area (Å²) in [4.78, 5) is 6.11. The molecule has 1 aliphatic heterocycles. The Hall–Kier alpha value is -1.45.